The van der Waals surface area contributed by atoms with Crippen LogP contribution in [0.3, 0.4) is 0 Å². The second-order valence-electron chi connectivity index (χ2n) is 5.91. The fourth-order valence-corrected chi connectivity index (χ4v) is 3.99. The van der Waals surface area contributed by atoms with E-state index in [1.165, 1.54) is 24.1 Å². The highest BCUT2D eigenvalue weighted by Crippen LogP contribution is 2.43. The molecule has 1 saturated carbocycles. The summed E-state index contributed by atoms with van der Waals surface area (Å²) in [6.07, 6.45) is 4.04. The minimum Gasteiger partial charge on any atom is -0.330 e. The molecule has 2 rings (SSSR count). The molecule has 3 atom stereocenters. The lowest BCUT2D eigenvalue weighted by Crippen LogP contribution is -2.30. The van der Waals surface area contributed by atoms with Crippen molar-refractivity contribution in [3.63, 3.8) is 0 Å². The molecule has 0 amide bonds. The van der Waals surface area contributed by atoms with Crippen molar-refractivity contribution in [1.82, 2.24) is 0 Å². The van der Waals surface area contributed by atoms with Crippen LogP contribution >= 0.6 is 11.3 Å². The molecule has 0 saturated heterocycles. The van der Waals surface area contributed by atoms with E-state index in [0.717, 1.165) is 18.4 Å². The number of hydrogen-bond donors (Lipinski definition) is 1. The fourth-order valence-electron chi connectivity index (χ4n) is 3.22. The second-order valence-corrected chi connectivity index (χ2v) is 7.03. The van der Waals surface area contributed by atoms with Gasteiger partial charge in [0, 0.05) is 4.88 Å². The molecule has 0 spiro atoms. The first-order chi connectivity index (χ1) is 8.11. The maximum atomic E-state index is 5.96. The van der Waals surface area contributed by atoms with Gasteiger partial charge in [-0.1, -0.05) is 13.8 Å². The molecule has 1 fully saturated rings. The topological polar surface area (TPSA) is 26.0 Å². The Balaban J connectivity index is 2.15. The van der Waals surface area contributed by atoms with Crippen LogP contribution in [0.1, 0.15) is 49.5 Å². The molecule has 0 radical (unpaired) electrons. The van der Waals surface area contributed by atoms with Gasteiger partial charge in [0.1, 0.15) is 0 Å². The standard InChI is InChI=1S/C15H25NS/c1-10(2)12-4-5-13(8-16)15(7-12)14-6-11(3)17-9-14/h6,9-10,12-13,15H,4-5,7-8,16H2,1-3H3. The van der Waals surface area contributed by atoms with Crippen LogP contribution in [0, 0.1) is 24.7 Å². The average Bonchev–Trinajstić information content (AvgIpc) is 2.74. The Bertz CT molecular complexity index is 356. The molecule has 96 valence electrons. The van der Waals surface area contributed by atoms with Crippen LogP contribution in [0.2, 0.25) is 0 Å². The third kappa shape index (κ3) is 2.92. The molecule has 1 aromatic rings. The molecule has 1 nitrogen and oxygen atoms in total. The molecular weight excluding hydrogens is 226 g/mol. The van der Waals surface area contributed by atoms with Crippen molar-refractivity contribution in [1.29, 1.82) is 0 Å². The molecule has 2 heteroatoms. The smallest absolute Gasteiger partial charge is 0.00171 e. The Morgan fingerprint density at radius 3 is 2.71 bits per heavy atom. The van der Waals surface area contributed by atoms with Crippen molar-refractivity contribution in [2.45, 2.75) is 46.0 Å². The highest BCUT2D eigenvalue weighted by atomic mass is 32.1. The van der Waals surface area contributed by atoms with Gasteiger partial charge in [-0.25, -0.2) is 0 Å². The van der Waals surface area contributed by atoms with Gasteiger partial charge in [-0.05, 0) is 73.4 Å². The highest BCUT2D eigenvalue weighted by molar-refractivity contribution is 7.10. The Hall–Kier alpha value is -0.340. The molecule has 1 aliphatic rings. The SMILES string of the molecule is Cc1cc(C2CC(C(C)C)CCC2CN)cs1. The van der Waals surface area contributed by atoms with E-state index in [4.69, 9.17) is 5.73 Å². The van der Waals surface area contributed by atoms with Gasteiger partial charge in [0.15, 0.2) is 0 Å². The third-order valence-electron chi connectivity index (χ3n) is 4.46. The van der Waals surface area contributed by atoms with E-state index in [0.29, 0.717) is 11.8 Å². The first kappa shape index (κ1) is 13.1. The van der Waals surface area contributed by atoms with E-state index in [1.807, 2.05) is 11.3 Å². The predicted octanol–water partition coefficient (Wildman–Crippen LogP) is 4.17. The lowest BCUT2D eigenvalue weighted by Gasteiger charge is -2.37. The molecule has 0 aromatic carbocycles. The van der Waals surface area contributed by atoms with Crippen molar-refractivity contribution in [2.24, 2.45) is 23.5 Å². The van der Waals surface area contributed by atoms with Crippen molar-refractivity contribution in [2.75, 3.05) is 6.54 Å². The van der Waals surface area contributed by atoms with Gasteiger partial charge in [0.2, 0.25) is 0 Å². The van der Waals surface area contributed by atoms with Gasteiger partial charge in [-0.2, -0.15) is 0 Å². The van der Waals surface area contributed by atoms with Crippen LogP contribution in [-0.2, 0) is 0 Å². The molecule has 2 N–H and O–H groups in total. The van der Waals surface area contributed by atoms with Gasteiger partial charge in [-0.3, -0.25) is 0 Å². The summed E-state index contributed by atoms with van der Waals surface area (Å²) in [4.78, 5) is 1.43. The summed E-state index contributed by atoms with van der Waals surface area (Å²) in [5, 5.41) is 2.35. The highest BCUT2D eigenvalue weighted by Gasteiger charge is 2.32. The summed E-state index contributed by atoms with van der Waals surface area (Å²) in [5.74, 6) is 3.13. The van der Waals surface area contributed by atoms with E-state index in [9.17, 15) is 0 Å². The van der Waals surface area contributed by atoms with E-state index in [1.54, 1.807) is 5.56 Å². The lowest BCUT2D eigenvalue weighted by atomic mass is 9.69. The molecule has 3 unspecified atom stereocenters. The first-order valence-electron chi connectivity index (χ1n) is 6.87. The van der Waals surface area contributed by atoms with Crippen molar-refractivity contribution in [3.8, 4) is 0 Å². The zero-order valence-corrected chi connectivity index (χ0v) is 12.1. The maximum absolute atomic E-state index is 5.96. The minimum absolute atomic E-state index is 0.707. The Kier molecular flexibility index (Phi) is 4.26. The fraction of sp³-hybridized carbons (Fsp3) is 0.733. The molecule has 1 heterocycles. The average molecular weight is 251 g/mol. The summed E-state index contributed by atoms with van der Waals surface area (Å²) in [7, 11) is 0. The van der Waals surface area contributed by atoms with Gasteiger partial charge in [-0.15, -0.1) is 11.3 Å². The van der Waals surface area contributed by atoms with Crippen LogP contribution in [0.5, 0.6) is 0 Å². The predicted molar refractivity (Wildman–Crippen MR) is 76.5 cm³/mol. The quantitative estimate of drug-likeness (QED) is 0.857. The lowest BCUT2D eigenvalue weighted by molar-refractivity contribution is 0.198. The van der Waals surface area contributed by atoms with Crippen LogP contribution in [0.25, 0.3) is 0 Å². The largest absolute Gasteiger partial charge is 0.330 e. The zero-order chi connectivity index (χ0) is 12.4. The van der Waals surface area contributed by atoms with Crippen LogP contribution in [0.4, 0.5) is 0 Å². The number of rotatable bonds is 3. The van der Waals surface area contributed by atoms with Gasteiger partial charge >= 0.3 is 0 Å². The monoisotopic (exact) mass is 251 g/mol. The van der Waals surface area contributed by atoms with Gasteiger partial charge in [0.25, 0.3) is 0 Å². The minimum atomic E-state index is 0.707. The van der Waals surface area contributed by atoms with Gasteiger partial charge < -0.3 is 5.73 Å². The normalized spacial score (nSPS) is 29.8. The van der Waals surface area contributed by atoms with Gasteiger partial charge in [0.05, 0.1) is 0 Å². The van der Waals surface area contributed by atoms with Crippen molar-refractivity contribution >= 4 is 11.3 Å². The molecule has 0 aliphatic heterocycles. The molecule has 1 aliphatic carbocycles. The van der Waals surface area contributed by atoms with Crippen LogP contribution in [0.15, 0.2) is 11.4 Å². The Morgan fingerprint density at radius 2 is 2.18 bits per heavy atom. The maximum Gasteiger partial charge on any atom is 0.00171 e. The molecule has 1 aromatic heterocycles. The van der Waals surface area contributed by atoms with Crippen LogP contribution in [-0.4, -0.2) is 6.54 Å². The zero-order valence-electron chi connectivity index (χ0n) is 11.3. The number of hydrogen-bond acceptors (Lipinski definition) is 2. The van der Waals surface area contributed by atoms with E-state index in [-0.39, 0.29) is 0 Å². The summed E-state index contributed by atoms with van der Waals surface area (Å²) < 4.78 is 0. The van der Waals surface area contributed by atoms with E-state index in [2.05, 4.69) is 32.2 Å². The number of thiophene rings is 1. The molecule has 17 heavy (non-hydrogen) atoms. The summed E-state index contributed by atoms with van der Waals surface area (Å²) in [6.45, 7) is 7.78. The third-order valence-corrected chi connectivity index (χ3v) is 5.34. The summed E-state index contributed by atoms with van der Waals surface area (Å²) >= 11 is 1.88. The second kappa shape index (κ2) is 5.53. The van der Waals surface area contributed by atoms with Crippen molar-refractivity contribution < 1.29 is 0 Å². The molecule has 0 bridgehead atoms. The van der Waals surface area contributed by atoms with Crippen LogP contribution < -0.4 is 5.73 Å². The summed E-state index contributed by atoms with van der Waals surface area (Å²) in [6, 6.07) is 2.38. The Morgan fingerprint density at radius 1 is 1.41 bits per heavy atom. The van der Waals surface area contributed by atoms with E-state index < -0.39 is 0 Å². The first-order valence-corrected chi connectivity index (χ1v) is 7.75. The molecular formula is C15H25NS. The van der Waals surface area contributed by atoms with E-state index >= 15 is 0 Å². The number of aryl methyl sites for hydroxylation is 1. The Labute approximate surface area is 109 Å². The van der Waals surface area contributed by atoms with Crippen molar-refractivity contribution in [3.05, 3.63) is 21.9 Å². The summed E-state index contributed by atoms with van der Waals surface area (Å²) in [5.41, 5.74) is 7.51. The number of nitrogens with two attached hydrogens (primary N) is 1.